The van der Waals surface area contributed by atoms with Crippen LogP contribution in [0.1, 0.15) is 76.0 Å². The Morgan fingerprint density at radius 1 is 1.17 bits per heavy atom. The molecule has 1 fully saturated rings. The second-order valence-corrected chi connectivity index (χ2v) is 16.6. The van der Waals surface area contributed by atoms with Gasteiger partial charge in [0.15, 0.2) is 5.69 Å². The van der Waals surface area contributed by atoms with E-state index in [9.17, 15) is 5.26 Å². The number of hydrogen-bond acceptors (Lipinski definition) is 3. The third kappa shape index (κ3) is 4.99. The van der Waals surface area contributed by atoms with E-state index < -0.39 is 8.07 Å². The van der Waals surface area contributed by atoms with Gasteiger partial charge in [-0.1, -0.05) is 38.9 Å². The SMILES string of the molecule is CC1N[N+]2(CCCCCCCCC2(C)COCC[Si](C)(C)C)c2ccc(C#N)cc21. The average molecular weight is 429 g/mol. The highest BCUT2D eigenvalue weighted by atomic mass is 28.3. The number of fused-ring (bicyclic) bond motifs is 2. The Morgan fingerprint density at radius 2 is 1.87 bits per heavy atom. The molecule has 0 aliphatic carbocycles. The van der Waals surface area contributed by atoms with Crippen molar-refractivity contribution in [3.8, 4) is 6.07 Å². The number of hydrogen-bond donors (Lipinski definition) is 1. The summed E-state index contributed by atoms with van der Waals surface area (Å²) in [4.78, 5) is 0. The molecule has 166 valence electrons. The second kappa shape index (κ2) is 9.52. The minimum Gasteiger partial charge on any atom is -0.375 e. The predicted octanol–water partition coefficient (Wildman–Crippen LogP) is 6.30. The van der Waals surface area contributed by atoms with Crippen LogP contribution < -0.4 is 10.0 Å². The van der Waals surface area contributed by atoms with Crippen molar-refractivity contribution in [2.45, 2.75) is 96.1 Å². The van der Waals surface area contributed by atoms with E-state index >= 15 is 0 Å². The molecule has 2 aliphatic heterocycles. The topological polar surface area (TPSA) is 45.0 Å². The van der Waals surface area contributed by atoms with E-state index in [-0.39, 0.29) is 11.6 Å². The molecule has 0 amide bonds. The molecule has 5 heteroatoms. The lowest BCUT2D eigenvalue weighted by Crippen LogP contribution is -2.71. The Morgan fingerprint density at radius 3 is 2.57 bits per heavy atom. The first-order chi connectivity index (χ1) is 14.2. The van der Waals surface area contributed by atoms with Crippen molar-refractivity contribution in [2.75, 3.05) is 19.8 Å². The first-order valence-corrected chi connectivity index (χ1v) is 15.7. The van der Waals surface area contributed by atoms with E-state index in [1.807, 2.05) is 6.07 Å². The first kappa shape index (κ1) is 23.5. The van der Waals surface area contributed by atoms with Gasteiger partial charge in [-0.25, -0.2) is 4.59 Å². The molecule has 0 aromatic heterocycles. The standard InChI is InChI=1S/C25H42N3OSi/c1-21-23-18-22(19-26)12-13-24(23)28(27-21)15-11-9-7-6-8-10-14-25(28,2)20-29-16-17-30(3,4)5/h12-13,18,21,27H,6-11,14-17,20H2,1-5H3/q+1. The van der Waals surface area contributed by atoms with Crippen LogP contribution in [0.5, 0.6) is 0 Å². The molecule has 1 saturated heterocycles. The van der Waals surface area contributed by atoms with Crippen LogP contribution in [-0.2, 0) is 4.74 Å². The normalized spacial score (nSPS) is 30.1. The van der Waals surface area contributed by atoms with Gasteiger partial charge in [0, 0.05) is 32.7 Å². The van der Waals surface area contributed by atoms with E-state index in [0.29, 0.717) is 0 Å². The fraction of sp³-hybridized carbons (Fsp3) is 0.720. The highest BCUT2D eigenvalue weighted by molar-refractivity contribution is 6.76. The van der Waals surface area contributed by atoms with Gasteiger partial charge in [-0.05, 0) is 51.3 Å². The van der Waals surface area contributed by atoms with Gasteiger partial charge >= 0.3 is 0 Å². The molecule has 1 aromatic rings. The van der Waals surface area contributed by atoms with Crippen LogP contribution in [0.3, 0.4) is 0 Å². The highest BCUT2D eigenvalue weighted by Crippen LogP contribution is 2.46. The Bertz CT molecular complexity index is 769. The molecule has 3 atom stereocenters. The Hall–Kier alpha value is -1.19. The van der Waals surface area contributed by atoms with Gasteiger partial charge in [-0.15, -0.1) is 0 Å². The van der Waals surface area contributed by atoms with Crippen molar-refractivity contribution < 1.29 is 4.74 Å². The smallest absolute Gasteiger partial charge is 0.157 e. The lowest BCUT2D eigenvalue weighted by molar-refractivity contribution is -0.0258. The van der Waals surface area contributed by atoms with Crippen LogP contribution in [0.4, 0.5) is 5.69 Å². The zero-order valence-electron chi connectivity index (χ0n) is 19.9. The number of nitrogens with zero attached hydrogens (tertiary/aromatic N) is 2. The van der Waals surface area contributed by atoms with Gasteiger partial charge in [0.1, 0.15) is 18.7 Å². The predicted molar refractivity (Wildman–Crippen MR) is 129 cm³/mol. The molecule has 3 rings (SSSR count). The van der Waals surface area contributed by atoms with E-state index in [0.717, 1.165) is 29.9 Å². The second-order valence-electron chi connectivity index (χ2n) is 11.0. The molecular weight excluding hydrogens is 386 g/mol. The number of quaternary nitrogens is 1. The summed E-state index contributed by atoms with van der Waals surface area (Å²) >= 11 is 0. The summed E-state index contributed by atoms with van der Waals surface area (Å²) in [5, 5.41) is 9.43. The minimum atomic E-state index is -1.10. The third-order valence-electron chi connectivity index (χ3n) is 7.24. The van der Waals surface area contributed by atoms with Gasteiger partial charge in [0.05, 0.1) is 17.7 Å². The molecular formula is C25H42N3OSi+. The Labute approximate surface area is 185 Å². The van der Waals surface area contributed by atoms with Gasteiger partial charge in [0.2, 0.25) is 0 Å². The largest absolute Gasteiger partial charge is 0.375 e. The molecule has 0 saturated carbocycles. The number of ether oxygens (including phenoxy) is 1. The van der Waals surface area contributed by atoms with Crippen LogP contribution >= 0.6 is 0 Å². The summed E-state index contributed by atoms with van der Waals surface area (Å²) < 4.78 is 7.24. The number of nitriles is 1. The third-order valence-corrected chi connectivity index (χ3v) is 8.94. The molecule has 1 N–H and O–H groups in total. The van der Waals surface area contributed by atoms with Crippen molar-refractivity contribution in [2.24, 2.45) is 0 Å². The number of benzene rings is 1. The van der Waals surface area contributed by atoms with Gasteiger partial charge < -0.3 is 4.74 Å². The summed E-state index contributed by atoms with van der Waals surface area (Å²) in [6.45, 7) is 14.7. The molecule has 1 aromatic carbocycles. The zero-order chi connectivity index (χ0) is 21.8. The fourth-order valence-corrected chi connectivity index (χ4v) is 6.05. The fourth-order valence-electron chi connectivity index (χ4n) is 5.30. The lowest BCUT2D eigenvalue weighted by Gasteiger charge is -2.49. The first-order valence-electron chi connectivity index (χ1n) is 12.0. The summed E-state index contributed by atoms with van der Waals surface area (Å²) in [5.41, 5.74) is 7.41. The molecule has 0 bridgehead atoms. The number of rotatable bonds is 5. The van der Waals surface area contributed by atoms with Crippen LogP contribution in [0.2, 0.25) is 25.7 Å². The Kier molecular flexibility index (Phi) is 7.45. The zero-order valence-corrected chi connectivity index (χ0v) is 20.9. The molecule has 0 radical (unpaired) electrons. The maximum atomic E-state index is 9.43. The molecule has 2 aliphatic rings. The summed E-state index contributed by atoms with van der Waals surface area (Å²) in [5.74, 6) is 0. The van der Waals surface area contributed by atoms with Gasteiger partial charge in [-0.2, -0.15) is 10.7 Å². The summed E-state index contributed by atoms with van der Waals surface area (Å²) in [6.07, 6.45) is 8.98. The van der Waals surface area contributed by atoms with E-state index in [2.05, 4.69) is 57.1 Å². The van der Waals surface area contributed by atoms with Crippen molar-refractivity contribution in [1.82, 2.24) is 10.0 Å². The van der Waals surface area contributed by atoms with E-state index in [1.165, 1.54) is 62.2 Å². The molecule has 30 heavy (non-hydrogen) atoms. The van der Waals surface area contributed by atoms with Crippen LogP contribution in [0.15, 0.2) is 18.2 Å². The molecule has 1 spiro atoms. The maximum absolute atomic E-state index is 9.43. The summed E-state index contributed by atoms with van der Waals surface area (Å²) in [7, 11) is -1.10. The monoisotopic (exact) mass is 428 g/mol. The molecule has 4 nitrogen and oxygen atoms in total. The van der Waals surface area contributed by atoms with Crippen molar-refractivity contribution in [3.63, 3.8) is 0 Å². The van der Waals surface area contributed by atoms with Crippen molar-refractivity contribution in [3.05, 3.63) is 29.3 Å². The van der Waals surface area contributed by atoms with Gasteiger partial charge in [0.25, 0.3) is 0 Å². The van der Waals surface area contributed by atoms with Crippen molar-refractivity contribution >= 4 is 13.8 Å². The molecule has 2 heterocycles. The number of nitrogens with one attached hydrogen (secondary N) is 1. The van der Waals surface area contributed by atoms with Crippen LogP contribution in [-0.4, -0.2) is 33.4 Å². The van der Waals surface area contributed by atoms with Gasteiger partial charge in [-0.3, -0.25) is 0 Å². The highest BCUT2D eigenvalue weighted by Gasteiger charge is 2.55. The van der Waals surface area contributed by atoms with Crippen LogP contribution in [0, 0.1) is 11.3 Å². The molecule has 3 unspecified atom stereocenters. The quantitative estimate of drug-likeness (QED) is 0.340. The lowest BCUT2D eigenvalue weighted by atomic mass is 9.88. The summed E-state index contributed by atoms with van der Waals surface area (Å²) in [6, 6.07) is 10.1. The Balaban J connectivity index is 1.95. The van der Waals surface area contributed by atoms with E-state index in [1.54, 1.807) is 0 Å². The van der Waals surface area contributed by atoms with Crippen LogP contribution in [0.25, 0.3) is 0 Å². The maximum Gasteiger partial charge on any atom is 0.157 e. The van der Waals surface area contributed by atoms with E-state index in [4.69, 9.17) is 4.74 Å². The van der Waals surface area contributed by atoms with Crippen molar-refractivity contribution in [1.29, 1.82) is 5.26 Å². The minimum absolute atomic E-state index is 0.00947. The average Bonchev–Trinajstić information content (AvgIpc) is 2.99.